The molecule has 14 heavy (non-hydrogen) atoms. The molecule has 4 heteroatoms. The van der Waals surface area contributed by atoms with Gasteiger partial charge in [-0.05, 0) is 38.1 Å². The number of nitrogen functional groups attached to an aromatic ring is 1. The van der Waals surface area contributed by atoms with Crippen LogP contribution >= 0.6 is 11.3 Å². The van der Waals surface area contributed by atoms with Gasteiger partial charge in [0.25, 0.3) is 0 Å². The van der Waals surface area contributed by atoms with Gasteiger partial charge in [-0.15, -0.1) is 11.3 Å². The first kappa shape index (κ1) is 8.68. The minimum absolute atomic E-state index is 0.691. The SMILES string of the molecule is Nc1nc2c(s1)CC1NCCCC1C2. The highest BCUT2D eigenvalue weighted by atomic mass is 32.1. The summed E-state index contributed by atoms with van der Waals surface area (Å²) in [6.07, 6.45) is 4.96. The Bertz CT molecular complexity index is 316. The van der Waals surface area contributed by atoms with Crippen molar-refractivity contribution in [2.75, 3.05) is 12.3 Å². The van der Waals surface area contributed by atoms with Crippen LogP contribution in [0.25, 0.3) is 0 Å². The minimum Gasteiger partial charge on any atom is -0.375 e. The molecule has 0 amide bonds. The second-order valence-corrected chi connectivity index (χ2v) is 5.41. The Balaban J connectivity index is 1.90. The summed E-state index contributed by atoms with van der Waals surface area (Å²) in [5.74, 6) is 0.803. The van der Waals surface area contributed by atoms with Crippen molar-refractivity contribution in [3.63, 3.8) is 0 Å². The number of fused-ring (bicyclic) bond motifs is 2. The van der Waals surface area contributed by atoms with Gasteiger partial charge in [0.1, 0.15) is 0 Å². The van der Waals surface area contributed by atoms with Crippen LogP contribution in [-0.2, 0) is 12.8 Å². The van der Waals surface area contributed by atoms with Gasteiger partial charge in [0.2, 0.25) is 0 Å². The third kappa shape index (κ3) is 1.33. The van der Waals surface area contributed by atoms with E-state index in [0.717, 1.165) is 23.9 Å². The maximum atomic E-state index is 5.73. The Morgan fingerprint density at radius 2 is 2.36 bits per heavy atom. The Kier molecular flexibility index (Phi) is 1.99. The maximum absolute atomic E-state index is 5.73. The van der Waals surface area contributed by atoms with E-state index >= 15 is 0 Å². The standard InChI is InChI=1S/C10H15N3S/c11-10-13-8-4-6-2-1-3-12-7(6)5-9(8)14-10/h6-7,12H,1-5H2,(H2,11,13). The number of nitrogens with two attached hydrogens (primary N) is 1. The number of hydrogen-bond acceptors (Lipinski definition) is 4. The molecule has 2 atom stereocenters. The number of nitrogens with zero attached hydrogens (tertiary/aromatic N) is 1. The summed E-state index contributed by atoms with van der Waals surface area (Å²) < 4.78 is 0. The van der Waals surface area contributed by atoms with Crippen LogP contribution in [0.3, 0.4) is 0 Å². The molecule has 0 aromatic carbocycles. The maximum Gasteiger partial charge on any atom is 0.180 e. The van der Waals surface area contributed by atoms with Crippen molar-refractivity contribution < 1.29 is 0 Å². The molecule has 1 aromatic heterocycles. The zero-order valence-electron chi connectivity index (χ0n) is 8.12. The van der Waals surface area contributed by atoms with E-state index < -0.39 is 0 Å². The largest absolute Gasteiger partial charge is 0.375 e. The van der Waals surface area contributed by atoms with Gasteiger partial charge in [-0.1, -0.05) is 0 Å². The average molecular weight is 209 g/mol. The minimum atomic E-state index is 0.691. The summed E-state index contributed by atoms with van der Waals surface area (Å²) in [5, 5.41) is 4.35. The van der Waals surface area contributed by atoms with E-state index in [9.17, 15) is 0 Å². The third-order valence-electron chi connectivity index (χ3n) is 3.38. The van der Waals surface area contributed by atoms with Crippen LogP contribution in [0, 0.1) is 5.92 Å². The van der Waals surface area contributed by atoms with Gasteiger partial charge in [-0.3, -0.25) is 0 Å². The summed E-state index contributed by atoms with van der Waals surface area (Å²) in [5.41, 5.74) is 7.01. The van der Waals surface area contributed by atoms with Crippen LogP contribution in [0.1, 0.15) is 23.4 Å². The molecular weight excluding hydrogens is 194 g/mol. The molecule has 1 aliphatic carbocycles. The molecule has 3 nitrogen and oxygen atoms in total. The van der Waals surface area contributed by atoms with Crippen molar-refractivity contribution in [1.82, 2.24) is 10.3 Å². The molecule has 1 fully saturated rings. The molecule has 2 aliphatic rings. The van der Waals surface area contributed by atoms with Gasteiger partial charge < -0.3 is 11.1 Å². The van der Waals surface area contributed by atoms with Gasteiger partial charge >= 0.3 is 0 Å². The molecule has 76 valence electrons. The van der Waals surface area contributed by atoms with E-state index in [2.05, 4.69) is 10.3 Å². The Morgan fingerprint density at radius 1 is 1.43 bits per heavy atom. The topological polar surface area (TPSA) is 50.9 Å². The highest BCUT2D eigenvalue weighted by molar-refractivity contribution is 7.15. The first-order valence-electron chi connectivity index (χ1n) is 5.30. The average Bonchev–Trinajstić information content (AvgIpc) is 2.53. The molecule has 0 bridgehead atoms. The van der Waals surface area contributed by atoms with E-state index in [1.807, 2.05) is 0 Å². The van der Waals surface area contributed by atoms with Gasteiger partial charge in [-0.2, -0.15) is 0 Å². The van der Waals surface area contributed by atoms with Crippen molar-refractivity contribution in [2.45, 2.75) is 31.7 Å². The summed E-state index contributed by atoms with van der Waals surface area (Å²) in [6.45, 7) is 1.19. The third-order valence-corrected chi connectivity index (χ3v) is 4.33. The monoisotopic (exact) mass is 209 g/mol. The number of hydrogen-bond donors (Lipinski definition) is 2. The first-order valence-corrected chi connectivity index (χ1v) is 6.12. The highest BCUT2D eigenvalue weighted by Gasteiger charge is 2.32. The fourth-order valence-corrected chi connectivity index (χ4v) is 3.59. The van der Waals surface area contributed by atoms with Crippen LogP contribution in [0.15, 0.2) is 0 Å². The molecular formula is C10H15N3S. The molecule has 3 N–H and O–H groups in total. The fraction of sp³-hybridized carbons (Fsp3) is 0.700. The first-order chi connectivity index (χ1) is 6.83. The van der Waals surface area contributed by atoms with Gasteiger partial charge in [0.05, 0.1) is 5.69 Å². The van der Waals surface area contributed by atoms with E-state index in [0.29, 0.717) is 6.04 Å². The second kappa shape index (κ2) is 3.21. The predicted octanol–water partition coefficient (Wildman–Crippen LogP) is 1.19. The lowest BCUT2D eigenvalue weighted by molar-refractivity contribution is 0.263. The normalized spacial score (nSPS) is 30.9. The summed E-state index contributed by atoms with van der Waals surface area (Å²) >= 11 is 1.67. The predicted molar refractivity (Wildman–Crippen MR) is 58.4 cm³/mol. The number of piperidine rings is 1. The molecule has 1 saturated heterocycles. The molecule has 1 aromatic rings. The van der Waals surface area contributed by atoms with Crippen LogP contribution in [0.2, 0.25) is 0 Å². The quantitative estimate of drug-likeness (QED) is 0.675. The van der Waals surface area contributed by atoms with Crippen molar-refractivity contribution in [2.24, 2.45) is 5.92 Å². The fourth-order valence-electron chi connectivity index (χ4n) is 2.67. The zero-order valence-corrected chi connectivity index (χ0v) is 8.94. The lowest BCUT2D eigenvalue weighted by atomic mass is 9.81. The Hall–Kier alpha value is -0.610. The van der Waals surface area contributed by atoms with Crippen molar-refractivity contribution in [3.05, 3.63) is 10.6 Å². The van der Waals surface area contributed by atoms with Crippen molar-refractivity contribution in [3.8, 4) is 0 Å². The smallest absolute Gasteiger partial charge is 0.180 e. The number of nitrogens with one attached hydrogen (secondary N) is 1. The second-order valence-electron chi connectivity index (χ2n) is 4.29. The molecule has 0 radical (unpaired) electrons. The van der Waals surface area contributed by atoms with Crippen molar-refractivity contribution >= 4 is 16.5 Å². The summed E-state index contributed by atoms with van der Waals surface area (Å²) in [6, 6.07) is 0.691. The molecule has 2 heterocycles. The van der Waals surface area contributed by atoms with E-state index in [4.69, 9.17) is 5.73 Å². The highest BCUT2D eigenvalue weighted by Crippen LogP contribution is 2.34. The van der Waals surface area contributed by atoms with E-state index in [1.165, 1.54) is 30.0 Å². The lowest BCUT2D eigenvalue weighted by Crippen LogP contribution is -2.45. The zero-order chi connectivity index (χ0) is 9.54. The Morgan fingerprint density at radius 3 is 3.29 bits per heavy atom. The number of rotatable bonds is 0. The van der Waals surface area contributed by atoms with Crippen LogP contribution in [0.5, 0.6) is 0 Å². The van der Waals surface area contributed by atoms with Gasteiger partial charge in [0, 0.05) is 10.9 Å². The lowest BCUT2D eigenvalue weighted by Gasteiger charge is -2.35. The number of thiazole rings is 1. The summed E-state index contributed by atoms with van der Waals surface area (Å²) in [4.78, 5) is 5.83. The number of anilines is 1. The van der Waals surface area contributed by atoms with Crippen LogP contribution in [-0.4, -0.2) is 17.6 Å². The van der Waals surface area contributed by atoms with Gasteiger partial charge in [-0.25, -0.2) is 4.98 Å². The van der Waals surface area contributed by atoms with Crippen LogP contribution < -0.4 is 11.1 Å². The molecule has 3 rings (SSSR count). The van der Waals surface area contributed by atoms with E-state index in [-0.39, 0.29) is 0 Å². The molecule has 0 spiro atoms. The summed E-state index contributed by atoms with van der Waals surface area (Å²) in [7, 11) is 0. The van der Waals surface area contributed by atoms with E-state index in [1.54, 1.807) is 11.3 Å². The molecule has 1 aliphatic heterocycles. The van der Waals surface area contributed by atoms with Crippen LogP contribution in [0.4, 0.5) is 5.13 Å². The van der Waals surface area contributed by atoms with Gasteiger partial charge in [0.15, 0.2) is 5.13 Å². The number of aromatic nitrogens is 1. The Labute approximate surface area is 87.7 Å². The molecule has 2 unspecified atom stereocenters. The molecule has 0 saturated carbocycles. The van der Waals surface area contributed by atoms with Crippen molar-refractivity contribution in [1.29, 1.82) is 0 Å².